The van der Waals surface area contributed by atoms with E-state index in [0.29, 0.717) is 6.04 Å². The van der Waals surface area contributed by atoms with Crippen molar-refractivity contribution in [3.8, 4) is 0 Å². The van der Waals surface area contributed by atoms with Crippen LogP contribution in [0.3, 0.4) is 0 Å². The molecule has 2 nitrogen and oxygen atoms in total. The molecule has 3 heteroatoms. The van der Waals surface area contributed by atoms with Crippen LogP contribution in [-0.2, 0) is 11.3 Å². The third kappa shape index (κ3) is 5.30. The molecule has 1 aromatic rings. The maximum Gasteiger partial charge on any atom is 0.0809 e. The van der Waals surface area contributed by atoms with Crippen LogP contribution in [0.2, 0.25) is 0 Å². The second-order valence-corrected chi connectivity index (χ2v) is 4.63. The predicted octanol–water partition coefficient (Wildman–Crippen LogP) is 3.04. The standard InChI is InChI=1S/C12H21NOS/c1-3-11(4-2)13-7-8-14-10-12-6-5-9-15-12/h5-6,9,11,13H,3-4,7-8,10H2,1-2H3. The molecule has 0 aliphatic carbocycles. The highest BCUT2D eigenvalue weighted by Gasteiger charge is 2.00. The van der Waals surface area contributed by atoms with Gasteiger partial charge in [-0.3, -0.25) is 0 Å². The van der Waals surface area contributed by atoms with Gasteiger partial charge in [-0.1, -0.05) is 19.9 Å². The molecule has 0 saturated heterocycles. The summed E-state index contributed by atoms with van der Waals surface area (Å²) in [5.41, 5.74) is 0. The minimum Gasteiger partial charge on any atom is -0.375 e. The lowest BCUT2D eigenvalue weighted by atomic mass is 10.2. The molecule has 0 aliphatic heterocycles. The van der Waals surface area contributed by atoms with E-state index in [4.69, 9.17) is 4.74 Å². The van der Waals surface area contributed by atoms with E-state index in [1.807, 2.05) is 0 Å². The Hall–Kier alpha value is -0.380. The van der Waals surface area contributed by atoms with E-state index in [2.05, 4.69) is 36.7 Å². The molecule has 0 spiro atoms. The molecule has 0 atom stereocenters. The Balaban J connectivity index is 1.97. The van der Waals surface area contributed by atoms with Gasteiger partial charge in [-0.25, -0.2) is 0 Å². The molecule has 1 N–H and O–H groups in total. The summed E-state index contributed by atoms with van der Waals surface area (Å²) in [4.78, 5) is 1.30. The number of ether oxygens (including phenoxy) is 1. The molecular weight excluding hydrogens is 206 g/mol. The quantitative estimate of drug-likeness (QED) is 0.689. The van der Waals surface area contributed by atoms with Gasteiger partial charge in [-0.2, -0.15) is 0 Å². The van der Waals surface area contributed by atoms with Crippen LogP contribution in [0.1, 0.15) is 31.6 Å². The molecule has 0 aliphatic rings. The molecule has 0 bridgehead atoms. The monoisotopic (exact) mass is 227 g/mol. The molecule has 15 heavy (non-hydrogen) atoms. The van der Waals surface area contributed by atoms with Crippen LogP contribution in [0.4, 0.5) is 0 Å². The summed E-state index contributed by atoms with van der Waals surface area (Å²) < 4.78 is 5.57. The Kier molecular flexibility index (Phi) is 6.64. The summed E-state index contributed by atoms with van der Waals surface area (Å²) in [6.45, 7) is 6.94. The summed E-state index contributed by atoms with van der Waals surface area (Å²) in [6, 6.07) is 4.82. The normalized spacial score (nSPS) is 11.1. The summed E-state index contributed by atoms with van der Waals surface area (Å²) in [5, 5.41) is 5.56. The van der Waals surface area contributed by atoms with Gasteiger partial charge >= 0.3 is 0 Å². The molecule has 0 aromatic carbocycles. The Bertz CT molecular complexity index is 232. The van der Waals surface area contributed by atoms with E-state index in [9.17, 15) is 0 Å². The SMILES string of the molecule is CCC(CC)NCCOCc1cccs1. The Labute approximate surface area is 96.7 Å². The lowest BCUT2D eigenvalue weighted by Gasteiger charge is -2.14. The fourth-order valence-corrected chi connectivity index (χ4v) is 2.12. The van der Waals surface area contributed by atoms with Crippen molar-refractivity contribution in [1.82, 2.24) is 5.32 Å². The van der Waals surface area contributed by atoms with Crippen LogP contribution in [0.15, 0.2) is 17.5 Å². The van der Waals surface area contributed by atoms with Crippen LogP contribution >= 0.6 is 11.3 Å². The number of hydrogen-bond donors (Lipinski definition) is 1. The van der Waals surface area contributed by atoms with Gasteiger partial charge in [0.05, 0.1) is 13.2 Å². The molecule has 1 aromatic heterocycles. The molecule has 0 fully saturated rings. The van der Waals surface area contributed by atoms with Crippen LogP contribution < -0.4 is 5.32 Å². The van der Waals surface area contributed by atoms with E-state index in [1.165, 1.54) is 17.7 Å². The third-order valence-corrected chi connectivity index (χ3v) is 3.34. The van der Waals surface area contributed by atoms with Crippen molar-refractivity contribution in [3.63, 3.8) is 0 Å². The molecule has 0 amide bonds. The van der Waals surface area contributed by atoms with Crippen LogP contribution in [0.25, 0.3) is 0 Å². The van der Waals surface area contributed by atoms with Crippen LogP contribution in [-0.4, -0.2) is 19.2 Å². The highest BCUT2D eigenvalue weighted by atomic mass is 32.1. The zero-order valence-electron chi connectivity index (χ0n) is 9.66. The molecule has 0 unspecified atom stereocenters. The zero-order chi connectivity index (χ0) is 10.9. The van der Waals surface area contributed by atoms with Gasteiger partial charge in [-0.05, 0) is 24.3 Å². The summed E-state index contributed by atoms with van der Waals surface area (Å²) in [6.07, 6.45) is 2.39. The second-order valence-electron chi connectivity index (χ2n) is 3.60. The highest BCUT2D eigenvalue weighted by Crippen LogP contribution is 2.09. The average molecular weight is 227 g/mol. The lowest BCUT2D eigenvalue weighted by molar-refractivity contribution is 0.122. The van der Waals surface area contributed by atoms with Gasteiger partial charge in [-0.15, -0.1) is 11.3 Å². The lowest BCUT2D eigenvalue weighted by Crippen LogP contribution is -2.30. The fraction of sp³-hybridized carbons (Fsp3) is 0.667. The summed E-state index contributed by atoms with van der Waals surface area (Å²) >= 11 is 1.75. The van der Waals surface area contributed by atoms with Gasteiger partial charge in [0, 0.05) is 17.5 Å². The Morgan fingerprint density at radius 1 is 1.40 bits per heavy atom. The minimum atomic E-state index is 0.648. The first kappa shape index (κ1) is 12.7. The predicted molar refractivity (Wildman–Crippen MR) is 66.3 cm³/mol. The van der Waals surface area contributed by atoms with Crippen LogP contribution in [0, 0.1) is 0 Å². The van der Waals surface area contributed by atoms with E-state index >= 15 is 0 Å². The fourth-order valence-electron chi connectivity index (χ4n) is 1.48. The Morgan fingerprint density at radius 3 is 2.80 bits per heavy atom. The summed E-state index contributed by atoms with van der Waals surface area (Å²) in [7, 11) is 0. The molecule has 0 radical (unpaired) electrons. The Morgan fingerprint density at radius 2 is 2.20 bits per heavy atom. The number of nitrogens with one attached hydrogen (secondary N) is 1. The first-order valence-electron chi connectivity index (χ1n) is 5.70. The van der Waals surface area contributed by atoms with Gasteiger partial charge in [0.1, 0.15) is 0 Å². The highest BCUT2D eigenvalue weighted by molar-refractivity contribution is 7.09. The van der Waals surface area contributed by atoms with E-state index in [-0.39, 0.29) is 0 Å². The molecule has 1 heterocycles. The molecule has 0 saturated carbocycles. The van der Waals surface area contributed by atoms with Crippen molar-refractivity contribution in [2.75, 3.05) is 13.2 Å². The number of thiophene rings is 1. The van der Waals surface area contributed by atoms with Gasteiger partial charge in [0.15, 0.2) is 0 Å². The van der Waals surface area contributed by atoms with Gasteiger partial charge < -0.3 is 10.1 Å². The topological polar surface area (TPSA) is 21.3 Å². The third-order valence-electron chi connectivity index (χ3n) is 2.49. The molecule has 86 valence electrons. The average Bonchev–Trinajstić information content (AvgIpc) is 2.76. The van der Waals surface area contributed by atoms with Crippen molar-refractivity contribution in [2.45, 2.75) is 39.3 Å². The number of rotatable bonds is 8. The molecule has 1 rings (SSSR count). The van der Waals surface area contributed by atoms with Crippen molar-refractivity contribution in [2.24, 2.45) is 0 Å². The largest absolute Gasteiger partial charge is 0.375 e. The second kappa shape index (κ2) is 7.85. The molecular formula is C12H21NOS. The van der Waals surface area contributed by atoms with E-state index < -0.39 is 0 Å². The first-order valence-corrected chi connectivity index (χ1v) is 6.58. The van der Waals surface area contributed by atoms with Crippen molar-refractivity contribution in [3.05, 3.63) is 22.4 Å². The van der Waals surface area contributed by atoms with Gasteiger partial charge in [0.2, 0.25) is 0 Å². The first-order chi connectivity index (χ1) is 7.36. The maximum absolute atomic E-state index is 5.57. The van der Waals surface area contributed by atoms with E-state index in [1.54, 1.807) is 11.3 Å². The maximum atomic E-state index is 5.57. The smallest absolute Gasteiger partial charge is 0.0809 e. The van der Waals surface area contributed by atoms with Crippen molar-refractivity contribution in [1.29, 1.82) is 0 Å². The minimum absolute atomic E-state index is 0.648. The summed E-state index contributed by atoms with van der Waals surface area (Å²) in [5.74, 6) is 0. The van der Waals surface area contributed by atoms with Gasteiger partial charge in [0.25, 0.3) is 0 Å². The van der Waals surface area contributed by atoms with Crippen molar-refractivity contribution < 1.29 is 4.74 Å². The van der Waals surface area contributed by atoms with Crippen LogP contribution in [0.5, 0.6) is 0 Å². The number of hydrogen-bond acceptors (Lipinski definition) is 3. The zero-order valence-corrected chi connectivity index (χ0v) is 10.5. The van der Waals surface area contributed by atoms with E-state index in [0.717, 1.165) is 19.8 Å². The van der Waals surface area contributed by atoms with Crippen molar-refractivity contribution >= 4 is 11.3 Å².